The van der Waals surface area contributed by atoms with E-state index in [0.29, 0.717) is 16.5 Å². The average Bonchev–Trinajstić information content (AvgIpc) is 2.94. The molecule has 1 aliphatic rings. The van der Waals surface area contributed by atoms with E-state index in [4.69, 9.17) is 23.2 Å². The standard InChI is InChI=1S/C12H14Cl2O/c13-10-4-3-9(12(14)7-10)6-11(15)5-8-1-2-8/h3-4,7-8,11,15H,1-2,5-6H2. The van der Waals surface area contributed by atoms with E-state index in [1.54, 1.807) is 6.07 Å². The quantitative estimate of drug-likeness (QED) is 0.857. The Labute approximate surface area is 100 Å². The van der Waals surface area contributed by atoms with Crippen molar-refractivity contribution in [1.82, 2.24) is 0 Å². The molecule has 1 fully saturated rings. The largest absolute Gasteiger partial charge is 0.393 e. The summed E-state index contributed by atoms with van der Waals surface area (Å²) in [5.74, 6) is 0.742. The summed E-state index contributed by atoms with van der Waals surface area (Å²) in [4.78, 5) is 0. The monoisotopic (exact) mass is 244 g/mol. The van der Waals surface area contributed by atoms with Gasteiger partial charge in [-0.15, -0.1) is 0 Å². The molecule has 1 aromatic carbocycles. The average molecular weight is 245 g/mol. The van der Waals surface area contributed by atoms with Gasteiger partial charge in [-0.05, 0) is 36.5 Å². The van der Waals surface area contributed by atoms with Crippen LogP contribution in [0.25, 0.3) is 0 Å². The highest BCUT2D eigenvalue weighted by molar-refractivity contribution is 6.35. The Bertz CT molecular complexity index is 347. The molecule has 0 bridgehead atoms. The van der Waals surface area contributed by atoms with Gasteiger partial charge in [0.05, 0.1) is 6.10 Å². The first kappa shape index (κ1) is 11.3. The van der Waals surface area contributed by atoms with Crippen molar-refractivity contribution in [3.8, 4) is 0 Å². The van der Waals surface area contributed by atoms with Gasteiger partial charge < -0.3 is 5.11 Å². The molecule has 1 nitrogen and oxygen atoms in total. The fourth-order valence-corrected chi connectivity index (χ4v) is 2.25. The molecule has 82 valence electrons. The molecule has 0 spiro atoms. The Kier molecular flexibility index (Phi) is 3.55. The zero-order chi connectivity index (χ0) is 10.8. The third kappa shape index (κ3) is 3.37. The fourth-order valence-electron chi connectivity index (χ4n) is 1.76. The van der Waals surface area contributed by atoms with Crippen LogP contribution in [0, 0.1) is 5.92 Å². The number of aliphatic hydroxyl groups excluding tert-OH is 1. The van der Waals surface area contributed by atoms with Crippen LogP contribution in [-0.4, -0.2) is 11.2 Å². The molecule has 1 saturated carbocycles. The molecule has 0 aliphatic heterocycles. The highest BCUT2D eigenvalue weighted by Crippen LogP contribution is 2.34. The molecule has 0 aromatic heterocycles. The van der Waals surface area contributed by atoms with Crippen molar-refractivity contribution in [2.75, 3.05) is 0 Å². The summed E-state index contributed by atoms with van der Waals surface area (Å²) in [6.45, 7) is 0. The predicted octanol–water partition coefficient (Wildman–Crippen LogP) is 3.70. The summed E-state index contributed by atoms with van der Waals surface area (Å²) in [6.07, 6.45) is 3.80. The van der Waals surface area contributed by atoms with E-state index in [1.165, 1.54) is 12.8 Å². The summed E-state index contributed by atoms with van der Waals surface area (Å²) >= 11 is 11.8. The first-order valence-electron chi connectivity index (χ1n) is 5.27. The molecule has 1 N–H and O–H groups in total. The number of hydrogen-bond donors (Lipinski definition) is 1. The first-order valence-corrected chi connectivity index (χ1v) is 6.02. The van der Waals surface area contributed by atoms with Gasteiger partial charge in [-0.2, -0.15) is 0 Å². The second-order valence-corrected chi connectivity index (χ2v) is 5.12. The van der Waals surface area contributed by atoms with Crippen LogP contribution in [0.15, 0.2) is 18.2 Å². The zero-order valence-corrected chi connectivity index (χ0v) is 9.93. The molecular weight excluding hydrogens is 231 g/mol. The molecule has 15 heavy (non-hydrogen) atoms. The normalized spacial score (nSPS) is 17.8. The van der Waals surface area contributed by atoms with Gasteiger partial charge in [0, 0.05) is 10.0 Å². The van der Waals surface area contributed by atoms with E-state index in [2.05, 4.69) is 0 Å². The lowest BCUT2D eigenvalue weighted by Crippen LogP contribution is -2.11. The van der Waals surface area contributed by atoms with Crippen molar-refractivity contribution in [2.45, 2.75) is 31.8 Å². The summed E-state index contributed by atoms with van der Waals surface area (Å²) in [5, 5.41) is 11.1. The predicted molar refractivity (Wildman–Crippen MR) is 63.5 cm³/mol. The van der Waals surface area contributed by atoms with Gasteiger partial charge in [0.1, 0.15) is 0 Å². The minimum absolute atomic E-state index is 0.267. The molecule has 1 aliphatic carbocycles. The summed E-state index contributed by atoms with van der Waals surface area (Å²) < 4.78 is 0. The van der Waals surface area contributed by atoms with E-state index >= 15 is 0 Å². The van der Waals surface area contributed by atoms with Crippen molar-refractivity contribution < 1.29 is 5.11 Å². The highest BCUT2D eigenvalue weighted by Gasteiger charge is 2.24. The van der Waals surface area contributed by atoms with E-state index in [9.17, 15) is 5.11 Å². The number of rotatable bonds is 4. The Morgan fingerprint density at radius 3 is 2.67 bits per heavy atom. The van der Waals surface area contributed by atoms with Gasteiger partial charge in [-0.1, -0.05) is 42.1 Å². The lowest BCUT2D eigenvalue weighted by molar-refractivity contribution is 0.158. The van der Waals surface area contributed by atoms with Crippen LogP contribution in [-0.2, 0) is 6.42 Å². The molecule has 1 atom stereocenters. The topological polar surface area (TPSA) is 20.2 Å². The van der Waals surface area contributed by atoms with Crippen molar-refractivity contribution in [3.05, 3.63) is 33.8 Å². The van der Waals surface area contributed by atoms with Crippen LogP contribution in [0.4, 0.5) is 0 Å². The smallest absolute Gasteiger partial charge is 0.0583 e. The van der Waals surface area contributed by atoms with Crippen LogP contribution in [0.5, 0.6) is 0 Å². The molecule has 3 heteroatoms. The Balaban J connectivity index is 1.96. The minimum Gasteiger partial charge on any atom is -0.393 e. The molecule has 0 heterocycles. The van der Waals surface area contributed by atoms with Crippen LogP contribution in [0.3, 0.4) is 0 Å². The number of aliphatic hydroxyl groups is 1. The van der Waals surface area contributed by atoms with Gasteiger partial charge in [-0.3, -0.25) is 0 Å². The van der Waals surface area contributed by atoms with Crippen LogP contribution < -0.4 is 0 Å². The molecular formula is C12H14Cl2O. The van der Waals surface area contributed by atoms with Gasteiger partial charge >= 0.3 is 0 Å². The lowest BCUT2D eigenvalue weighted by Gasteiger charge is -2.11. The van der Waals surface area contributed by atoms with E-state index in [1.807, 2.05) is 12.1 Å². The Morgan fingerprint density at radius 2 is 2.07 bits per heavy atom. The maximum Gasteiger partial charge on any atom is 0.0583 e. The molecule has 1 aromatic rings. The third-order valence-electron chi connectivity index (χ3n) is 2.77. The van der Waals surface area contributed by atoms with Gasteiger partial charge in [0.15, 0.2) is 0 Å². The van der Waals surface area contributed by atoms with Crippen molar-refractivity contribution in [3.63, 3.8) is 0 Å². The van der Waals surface area contributed by atoms with Crippen molar-refractivity contribution >= 4 is 23.2 Å². The van der Waals surface area contributed by atoms with E-state index < -0.39 is 0 Å². The lowest BCUT2D eigenvalue weighted by atomic mass is 10.0. The van der Waals surface area contributed by atoms with Crippen molar-refractivity contribution in [1.29, 1.82) is 0 Å². The number of benzene rings is 1. The Hall–Kier alpha value is -0.240. The minimum atomic E-state index is -0.267. The van der Waals surface area contributed by atoms with Crippen LogP contribution >= 0.6 is 23.2 Å². The van der Waals surface area contributed by atoms with Crippen LogP contribution in [0.1, 0.15) is 24.8 Å². The zero-order valence-electron chi connectivity index (χ0n) is 8.42. The van der Waals surface area contributed by atoms with Gasteiger partial charge in [0.2, 0.25) is 0 Å². The van der Waals surface area contributed by atoms with Gasteiger partial charge in [0.25, 0.3) is 0 Å². The molecule has 2 rings (SSSR count). The summed E-state index contributed by atoms with van der Waals surface area (Å²) in [7, 11) is 0. The molecule has 0 radical (unpaired) electrons. The maximum absolute atomic E-state index is 9.82. The first-order chi connectivity index (χ1) is 7.15. The fraction of sp³-hybridized carbons (Fsp3) is 0.500. The van der Waals surface area contributed by atoms with E-state index in [0.717, 1.165) is 17.9 Å². The second kappa shape index (κ2) is 4.73. The molecule has 0 saturated heterocycles. The summed E-state index contributed by atoms with van der Waals surface area (Å²) in [5.41, 5.74) is 0.981. The van der Waals surface area contributed by atoms with E-state index in [-0.39, 0.29) is 6.10 Å². The van der Waals surface area contributed by atoms with Gasteiger partial charge in [-0.25, -0.2) is 0 Å². The highest BCUT2D eigenvalue weighted by atomic mass is 35.5. The Morgan fingerprint density at radius 1 is 1.33 bits per heavy atom. The van der Waals surface area contributed by atoms with Crippen molar-refractivity contribution in [2.24, 2.45) is 5.92 Å². The van der Waals surface area contributed by atoms with Crippen LogP contribution in [0.2, 0.25) is 10.0 Å². The third-order valence-corrected chi connectivity index (χ3v) is 3.36. The number of hydrogen-bond acceptors (Lipinski definition) is 1. The number of halogens is 2. The molecule has 0 amide bonds. The second-order valence-electron chi connectivity index (χ2n) is 4.27. The molecule has 1 unspecified atom stereocenters. The SMILES string of the molecule is OC(Cc1ccc(Cl)cc1Cl)CC1CC1. The summed E-state index contributed by atoms with van der Waals surface area (Å²) in [6, 6.07) is 5.43. The maximum atomic E-state index is 9.82.